The molecule has 1 aromatic carbocycles. The molecule has 1 heterocycles. The van der Waals surface area contributed by atoms with Crippen molar-refractivity contribution in [3.8, 4) is 6.07 Å². The Morgan fingerprint density at radius 2 is 2.00 bits per heavy atom. The molecule has 0 aliphatic carbocycles. The Bertz CT molecular complexity index is 1000. The molecule has 1 amide bonds. The summed E-state index contributed by atoms with van der Waals surface area (Å²) in [5, 5.41) is 11.8. The van der Waals surface area contributed by atoms with Crippen molar-refractivity contribution in [2.45, 2.75) is 46.6 Å². The van der Waals surface area contributed by atoms with Gasteiger partial charge >= 0.3 is 5.97 Å². The zero-order valence-electron chi connectivity index (χ0n) is 16.4. The van der Waals surface area contributed by atoms with E-state index in [2.05, 4.69) is 10.3 Å². The Morgan fingerprint density at radius 3 is 2.64 bits per heavy atom. The van der Waals surface area contributed by atoms with Gasteiger partial charge in [-0.1, -0.05) is 12.1 Å². The summed E-state index contributed by atoms with van der Waals surface area (Å²) in [7, 11) is 0. The fraction of sp³-hybridized carbons (Fsp3) is 0.333. The molecule has 1 aromatic heterocycles. The number of aromatic nitrogens is 1. The number of amides is 1. The molecule has 2 aromatic rings. The van der Waals surface area contributed by atoms with Gasteiger partial charge in [0.25, 0.3) is 11.5 Å². The molecule has 0 unspecified atom stereocenters. The van der Waals surface area contributed by atoms with Crippen LogP contribution in [0.5, 0.6) is 0 Å². The second-order valence-electron chi connectivity index (χ2n) is 6.66. The van der Waals surface area contributed by atoms with Crippen molar-refractivity contribution in [1.82, 2.24) is 4.98 Å². The highest BCUT2D eigenvalue weighted by molar-refractivity contribution is 5.95. The fourth-order valence-electron chi connectivity index (χ4n) is 2.92. The highest BCUT2D eigenvalue weighted by Crippen LogP contribution is 2.16. The lowest BCUT2D eigenvalue weighted by atomic mass is 9.99. The van der Waals surface area contributed by atoms with Crippen molar-refractivity contribution in [2.75, 3.05) is 5.32 Å². The Labute approximate surface area is 163 Å². The molecule has 0 aliphatic rings. The number of hydrogen-bond donors (Lipinski definition) is 2. The van der Waals surface area contributed by atoms with Crippen molar-refractivity contribution in [1.29, 1.82) is 5.26 Å². The summed E-state index contributed by atoms with van der Waals surface area (Å²) < 4.78 is 5.21. The summed E-state index contributed by atoms with van der Waals surface area (Å²) >= 11 is 0. The van der Waals surface area contributed by atoms with Crippen LogP contribution in [0.3, 0.4) is 0 Å². The number of esters is 1. The summed E-state index contributed by atoms with van der Waals surface area (Å²) in [4.78, 5) is 38.7. The van der Waals surface area contributed by atoms with Crippen LogP contribution in [0.2, 0.25) is 0 Å². The first kappa shape index (κ1) is 20.9. The largest absolute Gasteiger partial charge is 0.453 e. The first-order valence-corrected chi connectivity index (χ1v) is 8.92. The highest BCUT2D eigenvalue weighted by atomic mass is 16.5. The molecule has 28 heavy (non-hydrogen) atoms. The summed E-state index contributed by atoms with van der Waals surface area (Å²) in [6, 6.07) is 9.20. The van der Waals surface area contributed by atoms with Crippen LogP contribution in [-0.2, 0) is 20.7 Å². The molecular formula is C21H23N3O4. The number of nitrogens with one attached hydrogen (secondary N) is 2. The van der Waals surface area contributed by atoms with E-state index in [9.17, 15) is 14.4 Å². The van der Waals surface area contributed by atoms with Crippen molar-refractivity contribution in [3.05, 3.63) is 62.6 Å². The van der Waals surface area contributed by atoms with Crippen molar-refractivity contribution in [2.24, 2.45) is 0 Å². The molecule has 0 fully saturated rings. The Balaban J connectivity index is 1.96. The van der Waals surface area contributed by atoms with Crippen LogP contribution in [0.25, 0.3) is 0 Å². The number of carbonyl (C=O) groups is 2. The van der Waals surface area contributed by atoms with Gasteiger partial charge < -0.3 is 15.0 Å². The van der Waals surface area contributed by atoms with Gasteiger partial charge in [-0.05, 0) is 62.9 Å². The number of pyridine rings is 1. The van der Waals surface area contributed by atoms with Crippen LogP contribution < -0.4 is 10.9 Å². The maximum absolute atomic E-state index is 12.2. The van der Waals surface area contributed by atoms with E-state index in [0.29, 0.717) is 23.4 Å². The highest BCUT2D eigenvalue weighted by Gasteiger charge is 2.19. The van der Waals surface area contributed by atoms with E-state index in [-0.39, 0.29) is 12.0 Å². The lowest BCUT2D eigenvalue weighted by molar-refractivity contribution is -0.153. The number of carbonyl (C=O) groups excluding carboxylic acids is 2. The Kier molecular flexibility index (Phi) is 6.72. The van der Waals surface area contributed by atoms with Gasteiger partial charge in [0.05, 0.1) is 0 Å². The lowest BCUT2D eigenvalue weighted by Gasteiger charge is -2.15. The van der Waals surface area contributed by atoms with Crippen LogP contribution in [0.4, 0.5) is 5.69 Å². The van der Waals surface area contributed by atoms with Crippen LogP contribution in [-0.4, -0.2) is 23.0 Å². The van der Waals surface area contributed by atoms with Gasteiger partial charge in [-0.3, -0.25) is 14.4 Å². The van der Waals surface area contributed by atoms with Gasteiger partial charge in [-0.25, -0.2) is 0 Å². The zero-order valence-corrected chi connectivity index (χ0v) is 16.4. The number of anilines is 1. The lowest BCUT2D eigenvalue weighted by Crippen LogP contribution is -2.30. The van der Waals surface area contributed by atoms with Gasteiger partial charge in [0, 0.05) is 17.8 Å². The minimum atomic E-state index is -0.944. The number of ether oxygens (including phenoxy) is 1. The molecule has 7 heteroatoms. The molecule has 0 saturated heterocycles. The molecule has 2 rings (SSSR count). The molecule has 0 aliphatic heterocycles. The van der Waals surface area contributed by atoms with Gasteiger partial charge in [0.1, 0.15) is 11.6 Å². The quantitative estimate of drug-likeness (QED) is 0.747. The molecule has 0 saturated carbocycles. The summed E-state index contributed by atoms with van der Waals surface area (Å²) in [5.41, 5.74) is 3.14. The topological polar surface area (TPSA) is 112 Å². The smallest absolute Gasteiger partial charge is 0.306 e. The van der Waals surface area contributed by atoms with E-state index in [0.717, 1.165) is 11.1 Å². The summed E-state index contributed by atoms with van der Waals surface area (Å²) in [6.45, 7) is 6.82. The molecule has 0 radical (unpaired) electrons. The summed E-state index contributed by atoms with van der Waals surface area (Å²) in [5.74, 6) is -0.947. The average molecular weight is 381 g/mol. The van der Waals surface area contributed by atoms with Gasteiger partial charge in [-0.15, -0.1) is 0 Å². The third-order valence-electron chi connectivity index (χ3n) is 4.46. The second kappa shape index (κ2) is 9.00. The molecule has 0 bridgehead atoms. The Morgan fingerprint density at radius 1 is 1.29 bits per heavy atom. The molecule has 2 N–H and O–H groups in total. The number of nitriles is 1. The maximum Gasteiger partial charge on any atom is 0.306 e. The standard InChI is InChI=1S/C21H23N3O4/c1-12-6-5-7-16(10-12)24-20(26)15(4)28-19(25)9-8-17-13(2)18(11-22)21(27)23-14(17)3/h5-7,10,15H,8-9H2,1-4H3,(H,23,27)(H,24,26)/t15-/m1/s1. The third-order valence-corrected chi connectivity index (χ3v) is 4.46. The zero-order chi connectivity index (χ0) is 20.8. The summed E-state index contributed by atoms with van der Waals surface area (Å²) in [6.07, 6.45) is -0.616. The maximum atomic E-state index is 12.2. The molecule has 0 spiro atoms. The predicted molar refractivity (Wildman–Crippen MR) is 105 cm³/mol. The van der Waals surface area contributed by atoms with Gasteiger partial charge in [0.2, 0.25) is 0 Å². The minimum Gasteiger partial charge on any atom is -0.453 e. The number of aryl methyl sites for hydroxylation is 2. The number of benzene rings is 1. The normalized spacial score (nSPS) is 11.4. The van der Waals surface area contributed by atoms with E-state index < -0.39 is 23.5 Å². The minimum absolute atomic E-state index is 0.0284. The van der Waals surface area contributed by atoms with Gasteiger partial charge in [-0.2, -0.15) is 5.26 Å². The molecular weight excluding hydrogens is 358 g/mol. The van der Waals surface area contributed by atoms with E-state index in [4.69, 9.17) is 10.00 Å². The molecule has 1 atom stereocenters. The SMILES string of the molecule is Cc1cccc(NC(=O)[C@@H](C)OC(=O)CCc2c(C)[nH]c(=O)c(C#N)c2C)c1. The van der Waals surface area contributed by atoms with Crippen LogP contribution in [0.1, 0.15) is 41.3 Å². The van der Waals surface area contributed by atoms with E-state index in [1.165, 1.54) is 6.92 Å². The Hall–Kier alpha value is -3.40. The molecule has 146 valence electrons. The van der Waals surface area contributed by atoms with Crippen LogP contribution in [0, 0.1) is 32.1 Å². The number of aromatic amines is 1. The number of H-pyrrole nitrogens is 1. The first-order valence-electron chi connectivity index (χ1n) is 8.92. The first-order chi connectivity index (χ1) is 13.2. The monoisotopic (exact) mass is 381 g/mol. The van der Waals surface area contributed by atoms with E-state index in [1.807, 2.05) is 31.2 Å². The number of nitrogens with zero attached hydrogens (tertiary/aromatic N) is 1. The number of rotatable bonds is 6. The van der Waals surface area contributed by atoms with Gasteiger partial charge in [0.15, 0.2) is 6.10 Å². The molecule has 7 nitrogen and oxygen atoms in total. The van der Waals surface area contributed by atoms with E-state index >= 15 is 0 Å². The fourth-order valence-corrected chi connectivity index (χ4v) is 2.92. The van der Waals surface area contributed by atoms with Crippen molar-refractivity contribution < 1.29 is 14.3 Å². The van der Waals surface area contributed by atoms with E-state index in [1.54, 1.807) is 19.9 Å². The number of hydrogen-bond acceptors (Lipinski definition) is 5. The van der Waals surface area contributed by atoms with Crippen LogP contribution >= 0.6 is 0 Å². The predicted octanol–water partition coefficient (Wildman–Crippen LogP) is 2.67. The third kappa shape index (κ3) is 5.07. The average Bonchev–Trinajstić information content (AvgIpc) is 2.61. The second-order valence-corrected chi connectivity index (χ2v) is 6.66. The van der Waals surface area contributed by atoms with Crippen molar-refractivity contribution in [3.63, 3.8) is 0 Å². The van der Waals surface area contributed by atoms with Crippen LogP contribution in [0.15, 0.2) is 29.1 Å². The van der Waals surface area contributed by atoms with Crippen molar-refractivity contribution >= 4 is 17.6 Å².